The SMILES string of the molecule is CC(C)(C)[C@H](N)c1ccc(Br)cc1O.Cl. The molecule has 1 rings (SSSR count). The molecule has 0 saturated heterocycles. The van der Waals surface area contributed by atoms with Crippen LogP contribution in [0.1, 0.15) is 32.4 Å². The van der Waals surface area contributed by atoms with Crippen molar-refractivity contribution >= 4 is 28.3 Å². The quantitative estimate of drug-likeness (QED) is 0.831. The molecule has 0 aliphatic carbocycles. The molecule has 0 heterocycles. The molecule has 15 heavy (non-hydrogen) atoms. The van der Waals surface area contributed by atoms with Crippen LogP contribution in [-0.2, 0) is 0 Å². The van der Waals surface area contributed by atoms with Gasteiger partial charge in [-0.25, -0.2) is 0 Å². The Morgan fingerprint density at radius 1 is 1.33 bits per heavy atom. The van der Waals surface area contributed by atoms with Crippen LogP contribution in [0.3, 0.4) is 0 Å². The van der Waals surface area contributed by atoms with E-state index in [-0.39, 0.29) is 29.6 Å². The zero-order valence-electron chi connectivity index (χ0n) is 9.12. The summed E-state index contributed by atoms with van der Waals surface area (Å²) >= 11 is 3.30. The van der Waals surface area contributed by atoms with E-state index in [4.69, 9.17) is 5.73 Å². The van der Waals surface area contributed by atoms with E-state index in [9.17, 15) is 5.11 Å². The molecule has 0 radical (unpaired) electrons. The lowest BCUT2D eigenvalue weighted by atomic mass is 9.83. The molecule has 0 aliphatic rings. The number of phenols is 1. The normalized spacial score (nSPS) is 13.1. The third kappa shape index (κ3) is 3.67. The minimum atomic E-state index is -0.157. The Balaban J connectivity index is 0.00000196. The molecule has 0 spiro atoms. The second-order valence-corrected chi connectivity index (χ2v) is 5.46. The summed E-state index contributed by atoms with van der Waals surface area (Å²) in [5.41, 5.74) is 6.79. The Morgan fingerprint density at radius 2 is 1.87 bits per heavy atom. The Hall–Kier alpha value is -0.250. The lowest BCUT2D eigenvalue weighted by molar-refractivity contribution is 0.317. The molecule has 3 N–H and O–H groups in total. The van der Waals surface area contributed by atoms with Gasteiger partial charge in [0.15, 0.2) is 0 Å². The van der Waals surface area contributed by atoms with E-state index in [1.165, 1.54) is 0 Å². The van der Waals surface area contributed by atoms with Crippen LogP contribution >= 0.6 is 28.3 Å². The van der Waals surface area contributed by atoms with Gasteiger partial charge >= 0.3 is 0 Å². The van der Waals surface area contributed by atoms with Crippen LogP contribution in [-0.4, -0.2) is 5.11 Å². The summed E-state index contributed by atoms with van der Waals surface area (Å²) in [7, 11) is 0. The van der Waals surface area contributed by atoms with Crippen molar-refractivity contribution in [1.29, 1.82) is 0 Å². The molecule has 0 aromatic heterocycles. The Bertz CT molecular complexity index is 336. The number of hydrogen-bond donors (Lipinski definition) is 2. The molecule has 86 valence electrons. The first-order valence-corrected chi connectivity index (χ1v) is 5.35. The maximum atomic E-state index is 9.72. The first-order chi connectivity index (χ1) is 6.32. The molecular formula is C11H17BrClNO. The molecular weight excluding hydrogens is 277 g/mol. The van der Waals surface area contributed by atoms with Crippen molar-refractivity contribution in [2.75, 3.05) is 0 Å². The Morgan fingerprint density at radius 3 is 2.27 bits per heavy atom. The van der Waals surface area contributed by atoms with Gasteiger partial charge in [-0.2, -0.15) is 0 Å². The van der Waals surface area contributed by atoms with E-state index < -0.39 is 0 Å². The second-order valence-electron chi connectivity index (χ2n) is 4.55. The lowest BCUT2D eigenvalue weighted by Gasteiger charge is -2.27. The summed E-state index contributed by atoms with van der Waals surface area (Å²) < 4.78 is 0.861. The van der Waals surface area contributed by atoms with Gasteiger partial charge in [-0.1, -0.05) is 42.8 Å². The first kappa shape index (κ1) is 14.8. The van der Waals surface area contributed by atoms with Crippen molar-refractivity contribution in [2.24, 2.45) is 11.1 Å². The number of nitrogens with two attached hydrogens (primary N) is 1. The highest BCUT2D eigenvalue weighted by Crippen LogP contribution is 2.36. The Kier molecular flexibility index (Phi) is 5.10. The fourth-order valence-corrected chi connectivity index (χ4v) is 1.60. The summed E-state index contributed by atoms with van der Waals surface area (Å²) in [6.07, 6.45) is 0. The smallest absolute Gasteiger partial charge is 0.121 e. The van der Waals surface area contributed by atoms with E-state index >= 15 is 0 Å². The van der Waals surface area contributed by atoms with E-state index in [1.807, 2.05) is 12.1 Å². The number of aromatic hydroxyl groups is 1. The van der Waals surface area contributed by atoms with Crippen LogP contribution < -0.4 is 5.73 Å². The van der Waals surface area contributed by atoms with Gasteiger partial charge in [-0.3, -0.25) is 0 Å². The molecule has 1 aromatic carbocycles. The molecule has 0 fully saturated rings. The van der Waals surface area contributed by atoms with Crippen molar-refractivity contribution in [2.45, 2.75) is 26.8 Å². The molecule has 0 unspecified atom stereocenters. The fraction of sp³-hybridized carbons (Fsp3) is 0.455. The van der Waals surface area contributed by atoms with Crippen LogP contribution in [0.15, 0.2) is 22.7 Å². The summed E-state index contributed by atoms with van der Waals surface area (Å²) in [6.45, 7) is 6.16. The monoisotopic (exact) mass is 293 g/mol. The van der Waals surface area contributed by atoms with Crippen LogP contribution in [0.5, 0.6) is 5.75 Å². The Labute approximate surface area is 105 Å². The van der Waals surface area contributed by atoms with Gasteiger partial charge in [0.05, 0.1) is 0 Å². The summed E-state index contributed by atoms with van der Waals surface area (Å²) in [5, 5.41) is 9.72. The maximum Gasteiger partial charge on any atom is 0.121 e. The molecule has 0 bridgehead atoms. The summed E-state index contributed by atoms with van der Waals surface area (Å²) in [4.78, 5) is 0. The van der Waals surface area contributed by atoms with Gasteiger partial charge in [-0.05, 0) is 17.5 Å². The predicted octanol–water partition coefficient (Wildman–Crippen LogP) is 3.62. The number of rotatable bonds is 1. The molecule has 1 aromatic rings. The highest BCUT2D eigenvalue weighted by molar-refractivity contribution is 9.10. The minimum absolute atomic E-state index is 0. The zero-order chi connectivity index (χ0) is 10.9. The van der Waals surface area contributed by atoms with Gasteiger partial charge in [0.2, 0.25) is 0 Å². The van der Waals surface area contributed by atoms with Gasteiger partial charge in [0.1, 0.15) is 5.75 Å². The van der Waals surface area contributed by atoms with Crippen molar-refractivity contribution in [3.05, 3.63) is 28.2 Å². The minimum Gasteiger partial charge on any atom is -0.508 e. The molecule has 0 amide bonds. The number of phenolic OH excluding ortho intramolecular Hbond substituents is 1. The first-order valence-electron chi connectivity index (χ1n) is 4.56. The largest absolute Gasteiger partial charge is 0.508 e. The molecule has 2 nitrogen and oxygen atoms in total. The predicted molar refractivity (Wildman–Crippen MR) is 69.4 cm³/mol. The van der Waals surface area contributed by atoms with Gasteiger partial charge in [0, 0.05) is 16.1 Å². The third-order valence-corrected chi connectivity index (χ3v) is 2.75. The standard InChI is InChI=1S/C11H16BrNO.ClH/c1-11(2,3)10(13)8-5-4-7(12)6-9(8)14;/h4-6,10,14H,13H2,1-3H3;1H/t10-;/m1./s1. The van der Waals surface area contributed by atoms with Crippen molar-refractivity contribution in [1.82, 2.24) is 0 Å². The van der Waals surface area contributed by atoms with Crippen molar-refractivity contribution in [3.8, 4) is 5.75 Å². The van der Waals surface area contributed by atoms with Crippen LogP contribution in [0.2, 0.25) is 0 Å². The average Bonchev–Trinajstić information content (AvgIpc) is 2.01. The van der Waals surface area contributed by atoms with Gasteiger partial charge < -0.3 is 10.8 Å². The van der Waals surface area contributed by atoms with Crippen LogP contribution in [0, 0.1) is 5.41 Å². The highest BCUT2D eigenvalue weighted by atomic mass is 79.9. The summed E-state index contributed by atoms with van der Waals surface area (Å²) in [6, 6.07) is 5.26. The molecule has 0 aliphatic heterocycles. The van der Waals surface area contributed by atoms with Gasteiger partial charge in [0.25, 0.3) is 0 Å². The third-order valence-electron chi connectivity index (χ3n) is 2.26. The fourth-order valence-electron chi connectivity index (χ4n) is 1.25. The zero-order valence-corrected chi connectivity index (χ0v) is 11.5. The van der Waals surface area contributed by atoms with Crippen molar-refractivity contribution < 1.29 is 5.11 Å². The highest BCUT2D eigenvalue weighted by Gasteiger charge is 2.24. The van der Waals surface area contributed by atoms with E-state index in [0.717, 1.165) is 10.0 Å². The maximum absolute atomic E-state index is 9.72. The van der Waals surface area contributed by atoms with Crippen molar-refractivity contribution in [3.63, 3.8) is 0 Å². The van der Waals surface area contributed by atoms with Gasteiger partial charge in [-0.15, -0.1) is 12.4 Å². The lowest BCUT2D eigenvalue weighted by Crippen LogP contribution is -2.26. The molecule has 4 heteroatoms. The van der Waals surface area contributed by atoms with E-state index in [2.05, 4.69) is 36.7 Å². The number of benzene rings is 1. The number of hydrogen-bond acceptors (Lipinski definition) is 2. The molecule has 0 saturated carbocycles. The number of halogens is 2. The second kappa shape index (κ2) is 5.19. The average molecular weight is 295 g/mol. The topological polar surface area (TPSA) is 46.2 Å². The summed E-state index contributed by atoms with van der Waals surface area (Å²) in [5.74, 6) is 0.252. The van der Waals surface area contributed by atoms with E-state index in [0.29, 0.717) is 0 Å². The van der Waals surface area contributed by atoms with Crippen LogP contribution in [0.4, 0.5) is 0 Å². The van der Waals surface area contributed by atoms with E-state index in [1.54, 1.807) is 6.07 Å². The van der Waals surface area contributed by atoms with Crippen LogP contribution in [0.25, 0.3) is 0 Å². The molecule has 1 atom stereocenters.